The standard InChI is InChI=1S/C21H43N13O5S/c22-11(4-1-7-29-19(24)25)16(36)33-13(6-3-9-31-21(28)39)17(37)34-14(10-40)18(38)32-12(15(23)35)5-2-8-30-20(26)27/h11-14,40H,1-10,22H2,(H2,23,35)(H,32,38)(H,33,36)(H,34,37)(H4,24,25,29)(H4,26,27,30)(H3,28,31,39)/t11-,12-,13-,14-/m0/s1. The van der Waals surface area contributed by atoms with E-state index in [0.717, 1.165) is 0 Å². The van der Waals surface area contributed by atoms with E-state index in [4.69, 9.17) is 40.1 Å². The Labute approximate surface area is 237 Å². The van der Waals surface area contributed by atoms with E-state index in [0.29, 0.717) is 12.8 Å². The second-order valence-electron chi connectivity index (χ2n) is 8.71. The van der Waals surface area contributed by atoms with Crippen LogP contribution in [0.3, 0.4) is 0 Å². The highest BCUT2D eigenvalue weighted by Gasteiger charge is 2.29. The van der Waals surface area contributed by atoms with Crippen LogP contribution >= 0.6 is 12.6 Å². The Morgan fingerprint density at radius 1 is 0.650 bits per heavy atom. The number of rotatable bonds is 20. The highest BCUT2D eigenvalue weighted by molar-refractivity contribution is 7.80. The molecular formula is C21H43N13O5S. The molecule has 0 unspecified atom stereocenters. The first-order valence-corrected chi connectivity index (χ1v) is 13.1. The number of thiol groups is 1. The summed E-state index contributed by atoms with van der Waals surface area (Å²) >= 11 is 4.12. The Balaban J connectivity index is 5.30. The maximum atomic E-state index is 13.1. The first-order valence-electron chi connectivity index (χ1n) is 12.5. The molecule has 0 fully saturated rings. The number of aliphatic imine (C=N–C) groups is 2. The van der Waals surface area contributed by atoms with Gasteiger partial charge in [-0.15, -0.1) is 0 Å². The molecule has 40 heavy (non-hydrogen) atoms. The largest absolute Gasteiger partial charge is 0.370 e. The van der Waals surface area contributed by atoms with Gasteiger partial charge < -0.3 is 61.4 Å². The van der Waals surface area contributed by atoms with Gasteiger partial charge in [-0.3, -0.25) is 29.2 Å². The second kappa shape index (κ2) is 20.0. The number of nitrogens with zero attached hydrogens (tertiary/aromatic N) is 2. The van der Waals surface area contributed by atoms with Crippen molar-refractivity contribution in [1.29, 1.82) is 0 Å². The smallest absolute Gasteiger partial charge is 0.312 e. The third kappa shape index (κ3) is 16.8. The van der Waals surface area contributed by atoms with Gasteiger partial charge in [0, 0.05) is 25.4 Å². The van der Waals surface area contributed by atoms with Crippen LogP contribution < -0.4 is 61.4 Å². The molecule has 18 nitrogen and oxygen atoms in total. The molecule has 4 atom stereocenters. The van der Waals surface area contributed by atoms with E-state index in [9.17, 15) is 24.0 Å². The predicted octanol–water partition coefficient (Wildman–Crippen LogP) is -5.26. The zero-order valence-electron chi connectivity index (χ0n) is 22.3. The SMILES string of the molecule is NC(=O)NCCC[C@H](NC(=O)[C@@H](N)CCCN=C(N)N)C(=O)N[C@@H](CS)C(=O)N[C@@H](CCCN=C(N)N)C(N)=O. The number of urea groups is 1. The fraction of sp³-hybridized carbons (Fsp3) is 0.667. The lowest BCUT2D eigenvalue weighted by Gasteiger charge is -2.24. The number of amides is 6. The van der Waals surface area contributed by atoms with Gasteiger partial charge in [0.1, 0.15) is 18.1 Å². The van der Waals surface area contributed by atoms with Gasteiger partial charge in [-0.05, 0) is 38.5 Å². The molecule has 228 valence electrons. The summed E-state index contributed by atoms with van der Waals surface area (Å²) in [6, 6.07) is -5.05. The molecule has 0 spiro atoms. The van der Waals surface area contributed by atoms with E-state index in [1.54, 1.807) is 0 Å². The van der Waals surface area contributed by atoms with Crippen LogP contribution in [0.5, 0.6) is 0 Å². The lowest BCUT2D eigenvalue weighted by Crippen LogP contribution is -2.58. The van der Waals surface area contributed by atoms with Gasteiger partial charge in [0.05, 0.1) is 6.04 Å². The number of carbonyl (C=O) groups excluding carboxylic acids is 5. The topological polar surface area (TPSA) is 340 Å². The van der Waals surface area contributed by atoms with Crippen LogP contribution in [0.2, 0.25) is 0 Å². The molecule has 0 saturated heterocycles. The minimum atomic E-state index is -1.17. The van der Waals surface area contributed by atoms with Crippen molar-refractivity contribution in [3.8, 4) is 0 Å². The minimum Gasteiger partial charge on any atom is -0.370 e. The van der Waals surface area contributed by atoms with Gasteiger partial charge in [-0.25, -0.2) is 4.79 Å². The van der Waals surface area contributed by atoms with Gasteiger partial charge in [-0.1, -0.05) is 0 Å². The van der Waals surface area contributed by atoms with Gasteiger partial charge in [0.2, 0.25) is 23.6 Å². The number of nitrogens with one attached hydrogen (secondary N) is 4. The number of carbonyl (C=O) groups is 5. The number of primary amides is 2. The van der Waals surface area contributed by atoms with Crippen molar-refractivity contribution in [3.05, 3.63) is 0 Å². The fourth-order valence-electron chi connectivity index (χ4n) is 3.24. The van der Waals surface area contributed by atoms with Gasteiger partial charge >= 0.3 is 6.03 Å². The Kier molecular flexibility index (Phi) is 18.0. The molecule has 0 saturated carbocycles. The maximum absolute atomic E-state index is 13.1. The van der Waals surface area contributed by atoms with E-state index >= 15 is 0 Å². The highest BCUT2D eigenvalue weighted by atomic mass is 32.1. The van der Waals surface area contributed by atoms with Crippen LogP contribution in [0, 0.1) is 0 Å². The first kappa shape index (κ1) is 36.0. The predicted molar refractivity (Wildman–Crippen MR) is 153 cm³/mol. The fourth-order valence-corrected chi connectivity index (χ4v) is 3.50. The summed E-state index contributed by atoms with van der Waals surface area (Å²) in [6.45, 7) is 0.624. The van der Waals surface area contributed by atoms with Gasteiger partial charge in [0.15, 0.2) is 11.9 Å². The molecule has 0 bridgehead atoms. The Bertz CT molecular complexity index is 909. The van der Waals surface area contributed by atoms with E-state index < -0.39 is 53.8 Å². The summed E-state index contributed by atoms with van der Waals surface area (Å²) in [6.07, 6.45) is 1.49. The van der Waals surface area contributed by atoms with Crippen LogP contribution in [-0.2, 0) is 19.2 Å². The summed E-state index contributed by atoms with van der Waals surface area (Å²) in [5.74, 6) is -3.17. The Morgan fingerprint density at radius 3 is 1.62 bits per heavy atom. The molecule has 0 rings (SSSR count). The van der Waals surface area contributed by atoms with Crippen molar-refractivity contribution in [2.75, 3.05) is 25.4 Å². The second-order valence-corrected chi connectivity index (χ2v) is 9.07. The number of nitrogens with two attached hydrogens (primary N) is 7. The van der Waals surface area contributed by atoms with Crippen LogP contribution in [0.4, 0.5) is 4.79 Å². The first-order chi connectivity index (χ1) is 18.8. The molecule has 0 aromatic carbocycles. The zero-order chi connectivity index (χ0) is 30.7. The van der Waals surface area contributed by atoms with Gasteiger partial charge in [-0.2, -0.15) is 12.6 Å². The summed E-state index contributed by atoms with van der Waals surface area (Å²) in [5, 5.41) is 9.92. The summed E-state index contributed by atoms with van der Waals surface area (Å²) in [4.78, 5) is 68.9. The van der Waals surface area contributed by atoms with E-state index in [-0.39, 0.29) is 63.0 Å². The zero-order valence-corrected chi connectivity index (χ0v) is 23.2. The number of hydrogen-bond acceptors (Lipinski definition) is 9. The van der Waals surface area contributed by atoms with Crippen LogP contribution in [-0.4, -0.2) is 91.1 Å². The molecule has 0 radical (unpaired) electrons. The third-order valence-electron chi connectivity index (χ3n) is 5.33. The molecule has 0 aliphatic rings. The summed E-state index contributed by atoms with van der Waals surface area (Å²) < 4.78 is 0. The number of hydrogen-bond donors (Lipinski definition) is 12. The van der Waals surface area contributed by atoms with Crippen LogP contribution in [0.15, 0.2) is 9.98 Å². The summed E-state index contributed by atoms with van der Waals surface area (Å²) in [5.41, 5.74) is 37.4. The van der Waals surface area contributed by atoms with Crippen LogP contribution in [0.25, 0.3) is 0 Å². The lowest BCUT2D eigenvalue weighted by molar-refractivity contribution is -0.133. The molecule has 0 aromatic rings. The van der Waals surface area contributed by atoms with E-state index in [1.165, 1.54) is 0 Å². The van der Waals surface area contributed by atoms with E-state index in [1.807, 2.05) is 0 Å². The minimum absolute atomic E-state index is 0.0776. The molecule has 0 aliphatic carbocycles. The molecule has 0 aromatic heterocycles. The molecular weight excluding hydrogens is 546 g/mol. The molecule has 0 heterocycles. The van der Waals surface area contributed by atoms with Crippen molar-refractivity contribution in [2.24, 2.45) is 50.1 Å². The number of guanidine groups is 2. The Morgan fingerprint density at radius 2 is 1.12 bits per heavy atom. The van der Waals surface area contributed by atoms with Crippen molar-refractivity contribution >= 4 is 54.2 Å². The Hall–Kier alpha value is -4.00. The molecule has 18 N–H and O–H groups in total. The highest BCUT2D eigenvalue weighted by Crippen LogP contribution is 2.04. The summed E-state index contributed by atoms with van der Waals surface area (Å²) in [7, 11) is 0. The average molecular weight is 590 g/mol. The quantitative estimate of drug-likeness (QED) is 0.0277. The molecule has 19 heteroatoms. The van der Waals surface area contributed by atoms with Gasteiger partial charge in [0.25, 0.3) is 0 Å². The monoisotopic (exact) mass is 589 g/mol. The molecule has 6 amide bonds. The van der Waals surface area contributed by atoms with Crippen molar-refractivity contribution in [1.82, 2.24) is 21.3 Å². The maximum Gasteiger partial charge on any atom is 0.312 e. The normalized spacial score (nSPS) is 13.4. The van der Waals surface area contributed by atoms with Crippen molar-refractivity contribution in [2.45, 2.75) is 62.7 Å². The average Bonchev–Trinajstić information content (AvgIpc) is 2.87. The van der Waals surface area contributed by atoms with Crippen molar-refractivity contribution < 1.29 is 24.0 Å². The molecule has 0 aliphatic heterocycles. The van der Waals surface area contributed by atoms with E-state index in [2.05, 4.69) is 43.9 Å². The third-order valence-corrected chi connectivity index (χ3v) is 5.69. The van der Waals surface area contributed by atoms with Crippen LogP contribution in [0.1, 0.15) is 38.5 Å². The van der Waals surface area contributed by atoms with Crippen molar-refractivity contribution in [3.63, 3.8) is 0 Å². The lowest BCUT2D eigenvalue weighted by atomic mass is 10.1.